The highest BCUT2D eigenvalue weighted by molar-refractivity contribution is 5.93. The maximum Gasteiger partial charge on any atom is 0.300 e. The van der Waals surface area contributed by atoms with Crippen LogP contribution in [-0.2, 0) is 0 Å². The fraction of sp³-hybridized carbons (Fsp3) is 0.538. The number of hydrogen-bond donors (Lipinski definition) is 1. The maximum atomic E-state index is 10.9. The summed E-state index contributed by atoms with van der Waals surface area (Å²) in [5, 5.41) is 21.4. The molecule has 1 aromatic heterocycles. The van der Waals surface area contributed by atoms with Gasteiger partial charge in [-0.15, -0.1) is 0 Å². The molecule has 0 aliphatic heterocycles. The second kappa shape index (κ2) is 6.31. The SMILES string of the molecule is CC(C)CCCCNc1ccc([N+](=O)[O-])c2nonc12. The van der Waals surface area contributed by atoms with Gasteiger partial charge in [-0.25, -0.2) is 4.63 Å². The number of benzene rings is 1. The van der Waals surface area contributed by atoms with Gasteiger partial charge in [0, 0.05) is 12.6 Å². The number of non-ortho nitro benzene ring substituents is 1. The number of fused-ring (bicyclic) bond motifs is 1. The number of nitro groups is 1. The number of unbranched alkanes of at least 4 members (excludes halogenated alkanes) is 1. The molecule has 7 heteroatoms. The molecule has 0 spiro atoms. The van der Waals surface area contributed by atoms with E-state index in [9.17, 15) is 10.1 Å². The number of anilines is 1. The highest BCUT2D eigenvalue weighted by Crippen LogP contribution is 2.28. The highest BCUT2D eigenvalue weighted by atomic mass is 16.6. The van der Waals surface area contributed by atoms with Crippen molar-refractivity contribution in [2.24, 2.45) is 5.92 Å². The van der Waals surface area contributed by atoms with Crippen molar-refractivity contribution in [2.45, 2.75) is 33.1 Å². The molecule has 20 heavy (non-hydrogen) atoms. The molecule has 2 rings (SSSR count). The Kier molecular flexibility index (Phi) is 4.49. The van der Waals surface area contributed by atoms with Crippen molar-refractivity contribution in [3.05, 3.63) is 22.2 Å². The Hall–Kier alpha value is -2.18. The molecule has 0 saturated heterocycles. The average Bonchev–Trinajstić information content (AvgIpc) is 2.86. The number of nitro benzene ring substituents is 1. The van der Waals surface area contributed by atoms with E-state index in [4.69, 9.17) is 0 Å². The normalized spacial score (nSPS) is 11.2. The fourth-order valence-electron chi connectivity index (χ4n) is 2.04. The number of rotatable bonds is 7. The van der Waals surface area contributed by atoms with Gasteiger partial charge >= 0.3 is 5.69 Å². The molecule has 0 radical (unpaired) electrons. The van der Waals surface area contributed by atoms with Crippen LogP contribution in [0.1, 0.15) is 33.1 Å². The molecule has 1 heterocycles. The predicted octanol–water partition coefficient (Wildman–Crippen LogP) is 3.37. The quantitative estimate of drug-likeness (QED) is 0.474. The molecule has 0 saturated carbocycles. The first-order chi connectivity index (χ1) is 9.59. The lowest BCUT2D eigenvalue weighted by atomic mass is 10.1. The molecule has 0 bridgehead atoms. The van der Waals surface area contributed by atoms with Gasteiger partial charge in [0.15, 0.2) is 5.52 Å². The molecule has 108 valence electrons. The van der Waals surface area contributed by atoms with Crippen molar-refractivity contribution in [1.82, 2.24) is 10.3 Å². The standard InChI is InChI=1S/C13H18N4O3/c1-9(2)5-3-4-8-14-10-6-7-11(17(18)19)13-12(10)15-20-16-13/h6-7,9,14H,3-5,8H2,1-2H3. The lowest BCUT2D eigenvalue weighted by Gasteiger charge is -2.07. The molecule has 0 unspecified atom stereocenters. The Labute approximate surface area is 116 Å². The van der Waals surface area contributed by atoms with Gasteiger partial charge in [0.25, 0.3) is 0 Å². The van der Waals surface area contributed by atoms with Crippen molar-refractivity contribution < 1.29 is 9.55 Å². The first-order valence-electron chi connectivity index (χ1n) is 6.73. The van der Waals surface area contributed by atoms with E-state index < -0.39 is 4.92 Å². The molecule has 0 atom stereocenters. The summed E-state index contributed by atoms with van der Waals surface area (Å²) < 4.78 is 4.61. The van der Waals surface area contributed by atoms with E-state index in [1.807, 2.05) is 0 Å². The second-order valence-electron chi connectivity index (χ2n) is 5.17. The molecule has 0 aliphatic rings. The molecule has 0 fully saturated rings. The lowest BCUT2D eigenvalue weighted by molar-refractivity contribution is -0.383. The lowest BCUT2D eigenvalue weighted by Crippen LogP contribution is -2.03. The van der Waals surface area contributed by atoms with Crippen LogP contribution >= 0.6 is 0 Å². The van der Waals surface area contributed by atoms with Crippen LogP contribution in [0.3, 0.4) is 0 Å². The number of hydrogen-bond acceptors (Lipinski definition) is 6. The minimum atomic E-state index is -0.487. The zero-order valence-corrected chi connectivity index (χ0v) is 11.6. The minimum absolute atomic E-state index is 0.0911. The summed E-state index contributed by atoms with van der Waals surface area (Å²) in [4.78, 5) is 10.4. The van der Waals surface area contributed by atoms with Gasteiger partial charge in [0.1, 0.15) is 0 Å². The summed E-state index contributed by atoms with van der Waals surface area (Å²) in [5.74, 6) is 0.709. The third-order valence-electron chi connectivity index (χ3n) is 3.11. The molecular weight excluding hydrogens is 260 g/mol. The summed E-state index contributed by atoms with van der Waals surface area (Å²) in [7, 11) is 0. The maximum absolute atomic E-state index is 10.9. The summed E-state index contributed by atoms with van der Waals surface area (Å²) in [6.07, 6.45) is 3.39. The van der Waals surface area contributed by atoms with Gasteiger partial charge < -0.3 is 5.32 Å². The third kappa shape index (κ3) is 3.23. The first kappa shape index (κ1) is 14.2. The van der Waals surface area contributed by atoms with Crippen LogP contribution in [0.4, 0.5) is 11.4 Å². The summed E-state index contributed by atoms with van der Waals surface area (Å²) >= 11 is 0. The fourth-order valence-corrected chi connectivity index (χ4v) is 2.04. The van der Waals surface area contributed by atoms with Crippen molar-refractivity contribution in [2.75, 3.05) is 11.9 Å². The number of aromatic nitrogens is 2. The Balaban J connectivity index is 2.02. The van der Waals surface area contributed by atoms with Crippen molar-refractivity contribution in [3.63, 3.8) is 0 Å². The summed E-state index contributed by atoms with van der Waals surface area (Å²) in [6, 6.07) is 3.07. The Morgan fingerprint density at radius 1 is 1.30 bits per heavy atom. The molecule has 1 aromatic carbocycles. The van der Waals surface area contributed by atoms with Gasteiger partial charge in [-0.2, -0.15) is 0 Å². The van der Waals surface area contributed by atoms with Gasteiger partial charge in [-0.1, -0.05) is 26.7 Å². The topological polar surface area (TPSA) is 94.1 Å². The van der Waals surface area contributed by atoms with E-state index >= 15 is 0 Å². The molecule has 7 nitrogen and oxygen atoms in total. The van der Waals surface area contributed by atoms with E-state index in [0.29, 0.717) is 11.4 Å². The molecule has 2 aromatic rings. The van der Waals surface area contributed by atoms with Gasteiger partial charge in [-0.05, 0) is 28.7 Å². The summed E-state index contributed by atoms with van der Waals surface area (Å²) in [6.45, 7) is 5.20. The zero-order valence-electron chi connectivity index (χ0n) is 11.6. The van der Waals surface area contributed by atoms with Crippen LogP contribution in [0, 0.1) is 16.0 Å². The third-order valence-corrected chi connectivity index (χ3v) is 3.11. The number of nitrogens with one attached hydrogen (secondary N) is 1. The monoisotopic (exact) mass is 278 g/mol. The Bertz CT molecular complexity index is 594. The minimum Gasteiger partial charge on any atom is -0.383 e. The summed E-state index contributed by atoms with van der Waals surface area (Å²) in [5.41, 5.74) is 1.22. The van der Waals surface area contributed by atoms with E-state index in [1.165, 1.54) is 12.5 Å². The van der Waals surface area contributed by atoms with Crippen LogP contribution in [0.5, 0.6) is 0 Å². The van der Waals surface area contributed by atoms with E-state index in [0.717, 1.165) is 25.1 Å². The van der Waals surface area contributed by atoms with E-state index in [2.05, 4.69) is 34.1 Å². The predicted molar refractivity (Wildman–Crippen MR) is 75.6 cm³/mol. The molecule has 0 amide bonds. The van der Waals surface area contributed by atoms with Crippen LogP contribution in [-0.4, -0.2) is 21.8 Å². The van der Waals surface area contributed by atoms with Gasteiger partial charge in [0.2, 0.25) is 5.52 Å². The second-order valence-corrected chi connectivity index (χ2v) is 5.17. The van der Waals surface area contributed by atoms with Gasteiger partial charge in [-0.3, -0.25) is 10.1 Å². The molecular formula is C13H18N4O3. The first-order valence-corrected chi connectivity index (χ1v) is 6.73. The largest absolute Gasteiger partial charge is 0.383 e. The van der Waals surface area contributed by atoms with E-state index in [1.54, 1.807) is 6.07 Å². The highest BCUT2D eigenvalue weighted by Gasteiger charge is 2.19. The van der Waals surface area contributed by atoms with Crippen molar-refractivity contribution in [3.8, 4) is 0 Å². The van der Waals surface area contributed by atoms with E-state index in [-0.39, 0.29) is 11.2 Å². The van der Waals surface area contributed by atoms with Crippen molar-refractivity contribution in [1.29, 1.82) is 0 Å². The average molecular weight is 278 g/mol. The Morgan fingerprint density at radius 2 is 2.05 bits per heavy atom. The van der Waals surface area contributed by atoms with Crippen LogP contribution in [0.25, 0.3) is 11.0 Å². The van der Waals surface area contributed by atoms with Gasteiger partial charge in [0.05, 0.1) is 10.6 Å². The van der Waals surface area contributed by atoms with Crippen LogP contribution < -0.4 is 5.32 Å². The Morgan fingerprint density at radius 3 is 2.75 bits per heavy atom. The molecule has 1 N–H and O–H groups in total. The smallest absolute Gasteiger partial charge is 0.300 e. The van der Waals surface area contributed by atoms with Crippen LogP contribution in [0.2, 0.25) is 0 Å². The van der Waals surface area contributed by atoms with Crippen molar-refractivity contribution >= 4 is 22.4 Å². The van der Waals surface area contributed by atoms with Crippen LogP contribution in [0.15, 0.2) is 16.8 Å². The zero-order chi connectivity index (χ0) is 14.5. The molecule has 0 aliphatic carbocycles. The number of nitrogens with zero attached hydrogens (tertiary/aromatic N) is 3.